The summed E-state index contributed by atoms with van der Waals surface area (Å²) in [6.07, 6.45) is 2.54. The number of para-hydroxylation sites is 1. The van der Waals surface area contributed by atoms with Crippen LogP contribution in [0.4, 0.5) is 11.4 Å². The van der Waals surface area contributed by atoms with Gasteiger partial charge in [0.15, 0.2) is 0 Å². The molecule has 1 aliphatic rings. The number of carbonyl (C=O) groups excluding carboxylic acids is 3. The summed E-state index contributed by atoms with van der Waals surface area (Å²) in [6.45, 7) is 0.714. The molecule has 0 atom stereocenters. The number of thiophene rings is 1. The van der Waals surface area contributed by atoms with Crippen LogP contribution in [0.1, 0.15) is 20.8 Å². The van der Waals surface area contributed by atoms with E-state index < -0.39 is 5.91 Å². The molecule has 38 heavy (non-hydrogen) atoms. The summed E-state index contributed by atoms with van der Waals surface area (Å²) in [4.78, 5) is 42.2. The summed E-state index contributed by atoms with van der Waals surface area (Å²) >= 11 is 2.93. The van der Waals surface area contributed by atoms with E-state index in [0.717, 1.165) is 21.9 Å². The number of hydrogen-bond donors (Lipinski definition) is 2. The summed E-state index contributed by atoms with van der Waals surface area (Å²) < 4.78 is 0. The Kier molecular flexibility index (Phi) is 8.01. The van der Waals surface area contributed by atoms with Crippen LogP contribution in [-0.4, -0.2) is 30.0 Å². The molecule has 0 radical (unpaired) electrons. The second-order valence-corrected chi connectivity index (χ2v) is 10.6. The average Bonchev–Trinajstić information content (AvgIpc) is 3.63. The van der Waals surface area contributed by atoms with Crippen molar-refractivity contribution in [2.75, 3.05) is 22.5 Å². The van der Waals surface area contributed by atoms with Gasteiger partial charge in [-0.15, -0.1) is 23.1 Å². The van der Waals surface area contributed by atoms with Gasteiger partial charge < -0.3 is 15.5 Å². The highest BCUT2D eigenvalue weighted by Crippen LogP contribution is 2.29. The van der Waals surface area contributed by atoms with Crippen molar-refractivity contribution in [2.45, 2.75) is 11.3 Å². The van der Waals surface area contributed by atoms with Gasteiger partial charge in [-0.05, 0) is 72.0 Å². The molecule has 4 aromatic rings. The zero-order valence-corrected chi connectivity index (χ0v) is 22.1. The van der Waals surface area contributed by atoms with Crippen molar-refractivity contribution in [3.05, 3.63) is 118 Å². The predicted octanol–water partition coefficient (Wildman–Crippen LogP) is 5.84. The summed E-state index contributed by atoms with van der Waals surface area (Å²) in [6, 6.07) is 27.9. The van der Waals surface area contributed by atoms with E-state index in [9.17, 15) is 14.4 Å². The average molecular weight is 540 g/mol. The van der Waals surface area contributed by atoms with Gasteiger partial charge in [-0.2, -0.15) is 0 Å². The molecule has 1 aliphatic heterocycles. The van der Waals surface area contributed by atoms with Crippen LogP contribution < -0.4 is 15.5 Å². The molecule has 0 saturated carbocycles. The Balaban J connectivity index is 1.21. The van der Waals surface area contributed by atoms with Crippen LogP contribution >= 0.6 is 23.1 Å². The number of amides is 3. The van der Waals surface area contributed by atoms with Crippen LogP contribution in [0.25, 0.3) is 6.08 Å². The van der Waals surface area contributed by atoms with Crippen molar-refractivity contribution < 1.29 is 14.4 Å². The van der Waals surface area contributed by atoms with E-state index in [1.54, 1.807) is 42.5 Å². The minimum absolute atomic E-state index is 0.0786. The number of hydrogen-bond acceptors (Lipinski definition) is 5. The summed E-state index contributed by atoms with van der Waals surface area (Å²) in [5.74, 6) is -0.374. The molecule has 3 amide bonds. The van der Waals surface area contributed by atoms with E-state index in [1.807, 2.05) is 58.8 Å². The minimum Gasteiger partial charge on any atom is -0.321 e. The third kappa shape index (κ3) is 6.22. The van der Waals surface area contributed by atoms with Gasteiger partial charge in [0, 0.05) is 33.3 Å². The third-order valence-electron chi connectivity index (χ3n) is 6.02. The Morgan fingerprint density at radius 3 is 2.42 bits per heavy atom. The van der Waals surface area contributed by atoms with Gasteiger partial charge in [-0.1, -0.05) is 42.5 Å². The molecular weight excluding hydrogens is 514 g/mol. The lowest BCUT2D eigenvalue weighted by Gasteiger charge is -2.17. The smallest absolute Gasteiger partial charge is 0.272 e. The van der Waals surface area contributed by atoms with E-state index in [1.165, 1.54) is 28.7 Å². The zero-order valence-electron chi connectivity index (χ0n) is 20.4. The van der Waals surface area contributed by atoms with Crippen LogP contribution in [0.5, 0.6) is 0 Å². The van der Waals surface area contributed by atoms with Gasteiger partial charge in [0.1, 0.15) is 5.70 Å². The monoisotopic (exact) mass is 539 g/mol. The molecule has 2 N–H and O–H groups in total. The molecule has 1 aromatic heterocycles. The largest absolute Gasteiger partial charge is 0.321 e. The van der Waals surface area contributed by atoms with Crippen LogP contribution in [0.15, 0.2) is 107 Å². The quantitative estimate of drug-likeness (QED) is 0.218. The fourth-order valence-corrected chi connectivity index (χ4v) is 5.54. The van der Waals surface area contributed by atoms with Gasteiger partial charge in [-0.3, -0.25) is 14.4 Å². The molecule has 2 heterocycles. The second-order valence-electron chi connectivity index (χ2n) is 8.58. The number of carbonyl (C=O) groups is 3. The highest BCUT2D eigenvalue weighted by atomic mass is 32.2. The SMILES string of the molecule is O=C(Nc1ccc(SCC(=O)N2CCc3ccccc32)cc1)C(=Cc1cccs1)NC(=O)c1ccccc1. The molecule has 6 nitrogen and oxygen atoms in total. The number of anilines is 2. The second kappa shape index (κ2) is 11.9. The highest BCUT2D eigenvalue weighted by molar-refractivity contribution is 8.00. The number of rotatable bonds is 8. The standard InChI is InChI=1S/C30H25N3O3S2/c34-28(33-17-16-21-7-4-5-11-27(21)33)20-38-24-14-12-23(13-15-24)31-30(36)26(19-25-10-6-18-37-25)32-29(35)22-8-2-1-3-9-22/h1-15,18-19H,16-17,20H2,(H,31,36)(H,32,35). The summed E-state index contributed by atoms with van der Waals surface area (Å²) in [5.41, 5.74) is 3.41. The third-order valence-corrected chi connectivity index (χ3v) is 7.84. The number of nitrogens with one attached hydrogen (secondary N) is 2. The molecule has 190 valence electrons. The van der Waals surface area contributed by atoms with Crippen molar-refractivity contribution >= 4 is 58.3 Å². The van der Waals surface area contributed by atoms with Crippen LogP contribution in [0, 0.1) is 0 Å². The molecule has 5 rings (SSSR count). The van der Waals surface area contributed by atoms with Crippen molar-refractivity contribution in [1.29, 1.82) is 0 Å². The van der Waals surface area contributed by atoms with E-state index in [4.69, 9.17) is 0 Å². The van der Waals surface area contributed by atoms with Crippen molar-refractivity contribution in [3.8, 4) is 0 Å². The Morgan fingerprint density at radius 2 is 1.66 bits per heavy atom. The van der Waals surface area contributed by atoms with Crippen LogP contribution in [0.2, 0.25) is 0 Å². The van der Waals surface area contributed by atoms with Crippen molar-refractivity contribution in [1.82, 2.24) is 5.32 Å². The Hall–Kier alpha value is -4.14. The van der Waals surface area contributed by atoms with Crippen molar-refractivity contribution in [3.63, 3.8) is 0 Å². The van der Waals surface area contributed by atoms with E-state index in [-0.39, 0.29) is 17.5 Å². The fourth-order valence-electron chi connectivity index (χ4n) is 4.11. The van der Waals surface area contributed by atoms with E-state index in [2.05, 4.69) is 16.7 Å². The topological polar surface area (TPSA) is 78.5 Å². The first kappa shape index (κ1) is 25.5. The van der Waals surface area contributed by atoms with E-state index in [0.29, 0.717) is 23.5 Å². The molecule has 0 fully saturated rings. The first-order valence-corrected chi connectivity index (χ1v) is 14.0. The molecule has 0 unspecified atom stereocenters. The Bertz CT molecular complexity index is 1470. The van der Waals surface area contributed by atoms with E-state index >= 15 is 0 Å². The van der Waals surface area contributed by atoms with Gasteiger partial charge in [0.05, 0.1) is 5.75 Å². The predicted molar refractivity (Wildman–Crippen MR) is 154 cm³/mol. The molecule has 0 saturated heterocycles. The van der Waals surface area contributed by atoms with Gasteiger partial charge in [0.2, 0.25) is 5.91 Å². The molecule has 0 spiro atoms. The molecule has 0 bridgehead atoms. The van der Waals surface area contributed by atoms with Crippen LogP contribution in [-0.2, 0) is 16.0 Å². The van der Waals surface area contributed by atoms with Crippen LogP contribution in [0.3, 0.4) is 0 Å². The lowest BCUT2D eigenvalue weighted by molar-refractivity contribution is -0.116. The Labute approximate surface area is 229 Å². The maximum Gasteiger partial charge on any atom is 0.272 e. The number of benzene rings is 3. The summed E-state index contributed by atoms with van der Waals surface area (Å²) in [7, 11) is 0. The molecule has 8 heteroatoms. The zero-order chi connectivity index (χ0) is 26.3. The first-order valence-electron chi connectivity index (χ1n) is 12.1. The Morgan fingerprint density at radius 1 is 0.895 bits per heavy atom. The number of thioether (sulfide) groups is 1. The maximum atomic E-state index is 13.1. The van der Waals surface area contributed by atoms with Gasteiger partial charge >= 0.3 is 0 Å². The highest BCUT2D eigenvalue weighted by Gasteiger charge is 2.24. The molecular formula is C30H25N3O3S2. The van der Waals surface area contributed by atoms with Crippen molar-refractivity contribution in [2.24, 2.45) is 0 Å². The minimum atomic E-state index is -0.425. The normalized spacial score (nSPS) is 12.6. The van der Waals surface area contributed by atoms with Gasteiger partial charge in [0.25, 0.3) is 11.8 Å². The number of nitrogens with zero attached hydrogens (tertiary/aromatic N) is 1. The lowest BCUT2D eigenvalue weighted by atomic mass is 10.2. The fraction of sp³-hybridized carbons (Fsp3) is 0.100. The lowest BCUT2D eigenvalue weighted by Crippen LogP contribution is -2.30. The summed E-state index contributed by atoms with van der Waals surface area (Å²) in [5, 5.41) is 7.50. The first-order chi connectivity index (χ1) is 18.6. The maximum absolute atomic E-state index is 13.1. The molecule has 3 aromatic carbocycles. The molecule has 0 aliphatic carbocycles. The van der Waals surface area contributed by atoms with Gasteiger partial charge in [-0.25, -0.2) is 0 Å². The number of fused-ring (bicyclic) bond motifs is 1.